The SMILES string of the molecule is COc1ccc(-n2ccc(CNC(=O)c3sccc3-n3cnnn3)n2)cc1. The van der Waals surface area contributed by atoms with Gasteiger partial charge in [0.1, 0.15) is 17.0 Å². The maximum absolute atomic E-state index is 12.5. The molecule has 1 amide bonds. The molecule has 0 aliphatic heterocycles. The lowest BCUT2D eigenvalue weighted by Gasteiger charge is -2.05. The van der Waals surface area contributed by atoms with Crippen LogP contribution in [-0.4, -0.2) is 43.0 Å². The van der Waals surface area contributed by atoms with Crippen LogP contribution in [0.1, 0.15) is 15.4 Å². The maximum atomic E-state index is 12.5. The zero-order valence-electron chi connectivity index (χ0n) is 14.3. The van der Waals surface area contributed by atoms with Crippen LogP contribution in [0.3, 0.4) is 0 Å². The summed E-state index contributed by atoms with van der Waals surface area (Å²) in [7, 11) is 1.63. The van der Waals surface area contributed by atoms with E-state index >= 15 is 0 Å². The van der Waals surface area contributed by atoms with Gasteiger partial charge in [-0.3, -0.25) is 4.79 Å². The molecule has 4 rings (SSSR count). The number of amides is 1. The van der Waals surface area contributed by atoms with Crippen molar-refractivity contribution in [3.8, 4) is 17.1 Å². The number of carbonyl (C=O) groups excluding carboxylic acids is 1. The molecular formula is C17H15N7O2S. The van der Waals surface area contributed by atoms with Gasteiger partial charge in [-0.2, -0.15) is 9.78 Å². The summed E-state index contributed by atoms with van der Waals surface area (Å²) in [5.74, 6) is 0.585. The number of aromatic nitrogens is 6. The predicted molar refractivity (Wildman–Crippen MR) is 98.3 cm³/mol. The lowest BCUT2D eigenvalue weighted by Crippen LogP contribution is -2.23. The second kappa shape index (κ2) is 7.38. The second-order valence-corrected chi connectivity index (χ2v) is 6.44. The Hall–Kier alpha value is -3.53. The fraction of sp³-hybridized carbons (Fsp3) is 0.118. The van der Waals surface area contributed by atoms with Crippen LogP contribution in [0.2, 0.25) is 0 Å². The number of nitrogens with one attached hydrogen (secondary N) is 1. The van der Waals surface area contributed by atoms with E-state index in [1.807, 2.05) is 41.9 Å². The quantitative estimate of drug-likeness (QED) is 0.547. The van der Waals surface area contributed by atoms with Gasteiger partial charge in [0.2, 0.25) is 0 Å². The van der Waals surface area contributed by atoms with Crippen molar-refractivity contribution in [1.82, 2.24) is 35.3 Å². The Kier molecular flexibility index (Phi) is 4.62. The smallest absolute Gasteiger partial charge is 0.263 e. The Bertz CT molecular complexity index is 1040. The fourth-order valence-corrected chi connectivity index (χ4v) is 3.30. The first-order valence-electron chi connectivity index (χ1n) is 8.02. The van der Waals surface area contributed by atoms with Gasteiger partial charge in [0, 0.05) is 6.20 Å². The normalized spacial score (nSPS) is 10.7. The zero-order valence-corrected chi connectivity index (χ0v) is 15.1. The number of ether oxygens (including phenoxy) is 1. The number of tetrazole rings is 1. The van der Waals surface area contributed by atoms with Crippen molar-refractivity contribution in [3.05, 3.63) is 64.9 Å². The average molecular weight is 381 g/mol. The summed E-state index contributed by atoms with van der Waals surface area (Å²) in [6, 6.07) is 11.2. The van der Waals surface area contributed by atoms with Crippen molar-refractivity contribution in [1.29, 1.82) is 0 Å². The van der Waals surface area contributed by atoms with Gasteiger partial charge in [0.15, 0.2) is 0 Å². The highest BCUT2D eigenvalue weighted by Gasteiger charge is 2.15. The van der Waals surface area contributed by atoms with E-state index < -0.39 is 0 Å². The molecule has 3 aromatic heterocycles. The zero-order chi connectivity index (χ0) is 18.6. The molecule has 0 aliphatic carbocycles. The van der Waals surface area contributed by atoms with Gasteiger partial charge < -0.3 is 10.1 Å². The molecule has 0 saturated heterocycles. The van der Waals surface area contributed by atoms with Crippen LogP contribution >= 0.6 is 11.3 Å². The topological polar surface area (TPSA) is 99.8 Å². The lowest BCUT2D eigenvalue weighted by atomic mass is 10.3. The summed E-state index contributed by atoms with van der Waals surface area (Å²) in [6.07, 6.45) is 3.30. The van der Waals surface area contributed by atoms with Gasteiger partial charge in [-0.15, -0.1) is 16.4 Å². The van der Waals surface area contributed by atoms with Crippen LogP contribution in [0.25, 0.3) is 11.4 Å². The van der Waals surface area contributed by atoms with Crippen LogP contribution < -0.4 is 10.1 Å². The highest BCUT2D eigenvalue weighted by Crippen LogP contribution is 2.20. The van der Waals surface area contributed by atoms with E-state index in [0.29, 0.717) is 17.1 Å². The highest BCUT2D eigenvalue weighted by atomic mass is 32.1. The minimum absolute atomic E-state index is 0.200. The van der Waals surface area contributed by atoms with E-state index in [1.54, 1.807) is 17.9 Å². The Morgan fingerprint density at radius 1 is 1.19 bits per heavy atom. The van der Waals surface area contributed by atoms with Crippen LogP contribution in [-0.2, 0) is 6.54 Å². The maximum Gasteiger partial charge on any atom is 0.263 e. The third-order valence-electron chi connectivity index (χ3n) is 3.86. The molecule has 4 aromatic rings. The van der Waals surface area contributed by atoms with Crippen molar-refractivity contribution in [2.75, 3.05) is 7.11 Å². The van der Waals surface area contributed by atoms with E-state index in [0.717, 1.165) is 17.1 Å². The molecular weight excluding hydrogens is 366 g/mol. The fourth-order valence-electron chi connectivity index (χ4n) is 2.51. The Morgan fingerprint density at radius 3 is 2.78 bits per heavy atom. The number of hydrogen-bond donors (Lipinski definition) is 1. The predicted octanol–water partition coefficient (Wildman–Crippen LogP) is 1.85. The average Bonchev–Trinajstić information content (AvgIpc) is 3.47. The molecule has 0 aliphatic rings. The minimum atomic E-state index is -0.200. The van der Waals surface area contributed by atoms with Crippen LogP contribution in [0, 0.1) is 0 Å². The molecule has 27 heavy (non-hydrogen) atoms. The molecule has 136 valence electrons. The second-order valence-electron chi connectivity index (χ2n) is 5.52. The molecule has 3 heterocycles. The molecule has 0 unspecified atom stereocenters. The van der Waals surface area contributed by atoms with Gasteiger partial charge in [0.05, 0.1) is 30.7 Å². The molecule has 1 aromatic carbocycles. The Balaban J connectivity index is 1.43. The van der Waals surface area contributed by atoms with Crippen LogP contribution in [0.15, 0.2) is 54.3 Å². The van der Waals surface area contributed by atoms with Gasteiger partial charge in [-0.05, 0) is 52.2 Å². The first kappa shape index (κ1) is 16.9. The van der Waals surface area contributed by atoms with Gasteiger partial charge in [0.25, 0.3) is 5.91 Å². The van der Waals surface area contributed by atoms with Crippen LogP contribution in [0.4, 0.5) is 0 Å². The summed E-state index contributed by atoms with van der Waals surface area (Å²) >= 11 is 1.33. The monoisotopic (exact) mass is 381 g/mol. The van der Waals surface area contributed by atoms with E-state index in [-0.39, 0.29) is 5.91 Å². The van der Waals surface area contributed by atoms with Crippen molar-refractivity contribution < 1.29 is 9.53 Å². The largest absolute Gasteiger partial charge is 0.497 e. The van der Waals surface area contributed by atoms with Crippen molar-refractivity contribution >= 4 is 17.2 Å². The Labute approximate surface area is 158 Å². The molecule has 10 heteroatoms. The number of hydrogen-bond acceptors (Lipinski definition) is 7. The number of methoxy groups -OCH3 is 1. The van der Waals surface area contributed by atoms with Crippen molar-refractivity contribution in [3.63, 3.8) is 0 Å². The van der Waals surface area contributed by atoms with Gasteiger partial charge in [-0.25, -0.2) is 4.68 Å². The molecule has 9 nitrogen and oxygen atoms in total. The minimum Gasteiger partial charge on any atom is -0.497 e. The van der Waals surface area contributed by atoms with Gasteiger partial charge in [-0.1, -0.05) is 0 Å². The molecule has 0 spiro atoms. The van der Waals surface area contributed by atoms with Crippen LogP contribution in [0.5, 0.6) is 5.75 Å². The molecule has 0 bridgehead atoms. The molecule has 0 saturated carbocycles. The third kappa shape index (κ3) is 3.55. The summed E-state index contributed by atoms with van der Waals surface area (Å²) in [5, 5.41) is 20.2. The highest BCUT2D eigenvalue weighted by molar-refractivity contribution is 7.12. The molecule has 1 N–H and O–H groups in total. The number of benzene rings is 1. The first-order valence-corrected chi connectivity index (χ1v) is 8.90. The van der Waals surface area contributed by atoms with E-state index in [4.69, 9.17) is 4.74 Å². The summed E-state index contributed by atoms with van der Waals surface area (Å²) in [6.45, 7) is 0.314. The number of rotatable bonds is 6. The summed E-state index contributed by atoms with van der Waals surface area (Å²) in [4.78, 5) is 13.1. The molecule has 0 atom stereocenters. The first-order chi connectivity index (χ1) is 13.2. The molecule has 0 radical (unpaired) electrons. The molecule has 0 fully saturated rings. The number of carbonyl (C=O) groups is 1. The standard InChI is InChI=1S/C17H15N7O2S/c1-26-14-4-2-13(3-5-14)23-8-6-12(20-23)10-18-17(25)16-15(7-9-27-16)24-11-19-21-22-24/h2-9,11H,10H2,1H3,(H,18,25). The van der Waals surface area contributed by atoms with Crippen molar-refractivity contribution in [2.45, 2.75) is 6.54 Å². The van der Waals surface area contributed by atoms with E-state index in [1.165, 1.54) is 22.3 Å². The summed E-state index contributed by atoms with van der Waals surface area (Å²) < 4.78 is 8.37. The number of thiophene rings is 1. The lowest BCUT2D eigenvalue weighted by molar-refractivity contribution is 0.0954. The summed E-state index contributed by atoms with van der Waals surface area (Å²) in [5.41, 5.74) is 2.30. The Morgan fingerprint density at radius 2 is 2.04 bits per heavy atom. The number of nitrogens with zero attached hydrogens (tertiary/aromatic N) is 6. The third-order valence-corrected chi connectivity index (χ3v) is 4.76. The van der Waals surface area contributed by atoms with Crippen molar-refractivity contribution in [2.24, 2.45) is 0 Å². The van der Waals surface area contributed by atoms with E-state index in [2.05, 4.69) is 25.9 Å². The van der Waals surface area contributed by atoms with E-state index in [9.17, 15) is 4.79 Å². The van der Waals surface area contributed by atoms with Gasteiger partial charge >= 0.3 is 0 Å².